The van der Waals surface area contributed by atoms with E-state index in [2.05, 4.69) is 20.5 Å². The van der Waals surface area contributed by atoms with Crippen molar-refractivity contribution in [1.82, 2.24) is 25.1 Å². The second-order valence-corrected chi connectivity index (χ2v) is 10.1. The predicted molar refractivity (Wildman–Crippen MR) is 158 cm³/mol. The van der Waals surface area contributed by atoms with Crippen LogP contribution in [-0.4, -0.2) is 90.9 Å². The predicted octanol–water partition coefficient (Wildman–Crippen LogP) is 2.28. The molecule has 0 bridgehead atoms. The van der Waals surface area contributed by atoms with E-state index >= 15 is 0 Å². The molecule has 0 aliphatic carbocycles. The van der Waals surface area contributed by atoms with Crippen LogP contribution in [0.5, 0.6) is 0 Å². The average Bonchev–Trinajstić information content (AvgIpc) is 2.92. The molecule has 0 radical (unpaired) electrons. The fourth-order valence-corrected chi connectivity index (χ4v) is 4.20. The van der Waals surface area contributed by atoms with Gasteiger partial charge in [-0.2, -0.15) is 0 Å². The molecule has 3 amide bonds. The molecule has 2 heterocycles. The highest BCUT2D eigenvalue weighted by atomic mass is 16.2. The Labute approximate surface area is 236 Å². The first-order valence-corrected chi connectivity index (χ1v) is 13.8. The van der Waals surface area contributed by atoms with Crippen molar-refractivity contribution in [2.45, 2.75) is 39.5 Å². The molecular weight excluding hydrogens is 508 g/mol. The minimum atomic E-state index is -0.655. The lowest BCUT2D eigenvalue weighted by Gasteiger charge is -2.29. The number of nitrogens with zero attached hydrogens (tertiary/aromatic N) is 5. The molecule has 1 aromatic carbocycles. The molecule has 1 atom stereocenters. The Kier molecular flexibility index (Phi) is 11.0. The highest BCUT2D eigenvalue weighted by Gasteiger charge is 2.19. The Balaban J connectivity index is 1.61. The van der Waals surface area contributed by atoms with Crippen LogP contribution in [-0.2, 0) is 16.0 Å². The molecule has 0 unspecified atom stereocenters. The van der Waals surface area contributed by atoms with Gasteiger partial charge >= 0.3 is 0 Å². The maximum absolute atomic E-state index is 12.5. The van der Waals surface area contributed by atoms with Gasteiger partial charge in [-0.3, -0.25) is 19.3 Å². The zero-order valence-electron chi connectivity index (χ0n) is 24.2. The second kappa shape index (κ2) is 14.4. The van der Waals surface area contributed by atoms with Gasteiger partial charge in [0.25, 0.3) is 5.91 Å². The fraction of sp³-hybridized carbons (Fsp3) is 0.483. The third-order valence-corrected chi connectivity index (χ3v) is 7.00. The van der Waals surface area contributed by atoms with Gasteiger partial charge < -0.3 is 26.2 Å². The summed E-state index contributed by atoms with van der Waals surface area (Å²) in [5.74, 6) is -0.0874. The highest BCUT2D eigenvalue weighted by Crippen LogP contribution is 2.26. The number of carbonyl (C=O) groups excluding carboxylic acids is 3. The van der Waals surface area contributed by atoms with Gasteiger partial charge in [-0.1, -0.05) is 32.1 Å². The molecular formula is C29H42N8O3. The number of hydrogen-bond acceptors (Lipinski definition) is 8. The number of carbonyl (C=O) groups is 3. The van der Waals surface area contributed by atoms with Gasteiger partial charge in [0.1, 0.15) is 0 Å². The summed E-state index contributed by atoms with van der Waals surface area (Å²) in [7, 11) is 3.54. The van der Waals surface area contributed by atoms with Gasteiger partial charge in [0.15, 0.2) is 17.3 Å². The number of amides is 3. The molecule has 11 nitrogen and oxygen atoms in total. The molecule has 11 heteroatoms. The van der Waals surface area contributed by atoms with Crippen molar-refractivity contribution in [2.75, 3.05) is 63.6 Å². The van der Waals surface area contributed by atoms with Crippen LogP contribution < -0.4 is 21.3 Å². The molecule has 1 aliphatic heterocycles. The summed E-state index contributed by atoms with van der Waals surface area (Å²) in [6.07, 6.45) is 5.19. The van der Waals surface area contributed by atoms with Gasteiger partial charge in [0.05, 0.1) is 12.2 Å². The SMILES string of the molecule is CCc1nc(C(N)=O)c(Nc2cccc([C@@H](C)CNC(=O)CN(C)C(=O)/C=C/CN3CCC3)c2)nc1N(C)CC. The van der Waals surface area contributed by atoms with Crippen LogP contribution in [0.4, 0.5) is 17.3 Å². The number of benzene rings is 1. The van der Waals surface area contributed by atoms with Crippen molar-refractivity contribution in [3.8, 4) is 0 Å². The first-order chi connectivity index (χ1) is 19.1. The van der Waals surface area contributed by atoms with E-state index in [0.29, 0.717) is 30.3 Å². The van der Waals surface area contributed by atoms with E-state index in [9.17, 15) is 14.4 Å². The molecule has 3 rings (SSSR count). The molecule has 0 spiro atoms. The van der Waals surface area contributed by atoms with E-state index in [4.69, 9.17) is 10.7 Å². The number of rotatable bonds is 14. The zero-order valence-corrected chi connectivity index (χ0v) is 24.2. The molecule has 4 N–H and O–H groups in total. The summed E-state index contributed by atoms with van der Waals surface area (Å²) >= 11 is 0. The van der Waals surface area contributed by atoms with Crippen molar-refractivity contribution >= 4 is 35.0 Å². The number of likely N-dealkylation sites (tertiary alicyclic amines) is 1. The van der Waals surface area contributed by atoms with Crippen molar-refractivity contribution < 1.29 is 14.4 Å². The van der Waals surface area contributed by atoms with Crippen LogP contribution >= 0.6 is 0 Å². The van der Waals surface area contributed by atoms with E-state index in [1.54, 1.807) is 7.05 Å². The minimum Gasteiger partial charge on any atom is -0.364 e. The minimum absolute atomic E-state index is 0.00548. The fourth-order valence-electron chi connectivity index (χ4n) is 4.20. The first kappa shape index (κ1) is 30.6. The normalized spacial score (nSPS) is 13.9. The van der Waals surface area contributed by atoms with Crippen LogP contribution in [0.3, 0.4) is 0 Å². The molecule has 216 valence electrons. The second-order valence-electron chi connectivity index (χ2n) is 10.1. The molecule has 0 saturated carbocycles. The third-order valence-electron chi connectivity index (χ3n) is 7.00. The van der Waals surface area contributed by atoms with E-state index in [-0.39, 0.29) is 30.0 Å². The molecule has 40 heavy (non-hydrogen) atoms. The maximum Gasteiger partial charge on any atom is 0.271 e. The molecule has 2 aromatic rings. The lowest BCUT2D eigenvalue weighted by Crippen LogP contribution is -2.39. The maximum atomic E-state index is 12.5. The smallest absolute Gasteiger partial charge is 0.271 e. The number of nitrogens with two attached hydrogens (primary N) is 1. The van der Waals surface area contributed by atoms with Gasteiger partial charge in [0.2, 0.25) is 11.8 Å². The standard InChI is InChI=1S/C29H42N8O3/c1-6-23-29(35(4)7-2)34-28(26(33-23)27(30)40)32-22-12-8-11-21(17-22)20(3)18-31-24(38)19-36(5)25(39)13-9-14-37-15-10-16-37/h8-9,11-13,17,20H,6-7,10,14-16,18-19H2,1-5H3,(H2,30,40)(H,31,38)(H,32,34)/b13-9+/t20-/m0/s1. The van der Waals surface area contributed by atoms with E-state index < -0.39 is 5.91 Å². The quantitative estimate of drug-likeness (QED) is 0.305. The van der Waals surface area contributed by atoms with Crippen LogP contribution in [0.15, 0.2) is 36.4 Å². The Morgan fingerprint density at radius 3 is 2.55 bits per heavy atom. The van der Waals surface area contributed by atoms with E-state index in [1.165, 1.54) is 17.4 Å². The van der Waals surface area contributed by atoms with Crippen LogP contribution in [0.1, 0.15) is 54.9 Å². The van der Waals surface area contributed by atoms with Crippen molar-refractivity contribution in [3.63, 3.8) is 0 Å². The molecule has 1 aromatic heterocycles. The Hall–Kier alpha value is -3.99. The monoisotopic (exact) mass is 550 g/mol. The topological polar surface area (TPSA) is 137 Å². The molecule has 1 fully saturated rings. The third kappa shape index (κ3) is 8.25. The lowest BCUT2D eigenvalue weighted by molar-refractivity contribution is -0.131. The average molecular weight is 551 g/mol. The number of nitrogens with one attached hydrogen (secondary N) is 2. The van der Waals surface area contributed by atoms with E-state index in [1.807, 2.05) is 63.1 Å². The number of hydrogen-bond donors (Lipinski definition) is 3. The van der Waals surface area contributed by atoms with Gasteiger partial charge in [-0.15, -0.1) is 0 Å². The van der Waals surface area contributed by atoms with Crippen LogP contribution in [0, 0.1) is 0 Å². The van der Waals surface area contributed by atoms with Crippen molar-refractivity contribution in [1.29, 1.82) is 0 Å². The van der Waals surface area contributed by atoms with Crippen LogP contribution in [0.2, 0.25) is 0 Å². The van der Waals surface area contributed by atoms with Gasteiger partial charge in [-0.25, -0.2) is 9.97 Å². The van der Waals surface area contributed by atoms with E-state index in [0.717, 1.165) is 37.4 Å². The Morgan fingerprint density at radius 1 is 1.18 bits per heavy atom. The van der Waals surface area contributed by atoms with Gasteiger partial charge in [-0.05, 0) is 56.5 Å². The molecule has 1 saturated heterocycles. The largest absolute Gasteiger partial charge is 0.364 e. The number of likely N-dealkylation sites (N-methyl/N-ethyl adjacent to an activating group) is 1. The summed E-state index contributed by atoms with van der Waals surface area (Å²) in [4.78, 5) is 51.8. The lowest BCUT2D eigenvalue weighted by atomic mass is 10.0. The number of primary amides is 1. The summed E-state index contributed by atoms with van der Waals surface area (Å²) in [5.41, 5.74) is 8.12. The number of aromatic nitrogens is 2. The summed E-state index contributed by atoms with van der Waals surface area (Å²) in [6, 6.07) is 7.68. The van der Waals surface area contributed by atoms with Crippen LogP contribution in [0.25, 0.3) is 0 Å². The summed E-state index contributed by atoms with van der Waals surface area (Å²) in [6.45, 7) is 9.99. The van der Waals surface area contributed by atoms with Crippen molar-refractivity contribution in [3.05, 3.63) is 53.4 Å². The number of anilines is 3. The Bertz CT molecular complexity index is 1230. The number of aryl methyl sites for hydroxylation is 1. The van der Waals surface area contributed by atoms with Crippen molar-refractivity contribution in [2.24, 2.45) is 5.73 Å². The zero-order chi connectivity index (χ0) is 29.2. The Morgan fingerprint density at radius 2 is 1.93 bits per heavy atom. The molecule has 1 aliphatic rings. The highest BCUT2D eigenvalue weighted by molar-refractivity contribution is 5.96. The summed E-state index contributed by atoms with van der Waals surface area (Å²) in [5, 5.41) is 6.13. The van der Waals surface area contributed by atoms with Gasteiger partial charge in [0, 0.05) is 45.5 Å². The first-order valence-electron chi connectivity index (χ1n) is 13.8. The summed E-state index contributed by atoms with van der Waals surface area (Å²) < 4.78 is 0.